The van der Waals surface area contributed by atoms with Crippen molar-refractivity contribution in [1.29, 1.82) is 0 Å². The summed E-state index contributed by atoms with van der Waals surface area (Å²) in [7, 11) is 1.59. The third-order valence-corrected chi connectivity index (χ3v) is 9.29. The first-order valence-electron chi connectivity index (χ1n) is 17.6. The molecule has 10 nitrogen and oxygen atoms in total. The number of nitrogens with one attached hydrogen (secondary N) is 2. The fourth-order valence-corrected chi connectivity index (χ4v) is 6.42. The first-order valence-corrected chi connectivity index (χ1v) is 17.6. The van der Waals surface area contributed by atoms with Gasteiger partial charge in [0.15, 0.2) is 0 Å². The van der Waals surface area contributed by atoms with Crippen LogP contribution in [-0.2, 0) is 19.3 Å². The van der Waals surface area contributed by atoms with Gasteiger partial charge in [-0.3, -0.25) is 19.4 Å². The molecule has 0 spiro atoms. The standard InChI is InChI=1S/C42H38F3N5O5/c1-49(26-28-9-5-12-32(20-28)41(54)55)40(53)31-11-7-10-29(22-31)39(52)48-36-15-14-34(50-18-3-2-4-19-50)24-35(36)37-23-30(16-17-46-37)38(51)47-25-27-8-6-13-33(21-27)42(43,44)45/h5-17,20-24H,2-4,18-19,25-26H2,1H3,(H,47,51)(H,48,52)(H,54,55). The lowest BCUT2D eigenvalue weighted by Crippen LogP contribution is -2.29. The topological polar surface area (TPSA) is 132 Å². The third-order valence-electron chi connectivity index (χ3n) is 9.29. The number of aromatic carboxylic acids is 1. The molecular weight excluding hydrogens is 711 g/mol. The van der Waals surface area contributed by atoms with Crippen LogP contribution in [0.4, 0.5) is 24.5 Å². The molecule has 0 radical (unpaired) electrons. The molecule has 0 atom stereocenters. The fraction of sp³-hybridized carbons (Fsp3) is 0.214. The number of halogens is 3. The lowest BCUT2D eigenvalue weighted by atomic mass is 10.0. The summed E-state index contributed by atoms with van der Waals surface area (Å²) in [4.78, 5) is 60.0. The predicted molar refractivity (Wildman–Crippen MR) is 202 cm³/mol. The lowest BCUT2D eigenvalue weighted by molar-refractivity contribution is -0.137. The van der Waals surface area contributed by atoms with Crippen molar-refractivity contribution in [2.75, 3.05) is 30.4 Å². The van der Waals surface area contributed by atoms with Crippen molar-refractivity contribution in [1.82, 2.24) is 15.2 Å². The number of rotatable bonds is 11. The molecule has 3 amide bonds. The maximum atomic E-state index is 13.7. The summed E-state index contributed by atoms with van der Waals surface area (Å²) < 4.78 is 39.6. The highest BCUT2D eigenvalue weighted by molar-refractivity contribution is 6.08. The molecule has 0 saturated carbocycles. The van der Waals surface area contributed by atoms with Crippen LogP contribution >= 0.6 is 0 Å². The number of carboxylic acid groups (broad SMARTS) is 1. The summed E-state index contributed by atoms with van der Waals surface area (Å²) in [6.45, 7) is 1.74. The molecular formula is C42H38F3N5O5. The Morgan fingerprint density at radius 3 is 2.22 bits per heavy atom. The number of hydrogen-bond donors (Lipinski definition) is 3. The van der Waals surface area contributed by atoms with Crippen LogP contribution in [-0.4, -0.2) is 58.8 Å². The Morgan fingerprint density at radius 1 is 0.764 bits per heavy atom. The van der Waals surface area contributed by atoms with Crippen LogP contribution in [0, 0.1) is 0 Å². The van der Waals surface area contributed by atoms with Crippen molar-refractivity contribution in [3.05, 3.63) is 148 Å². The lowest BCUT2D eigenvalue weighted by Gasteiger charge is -2.29. The van der Waals surface area contributed by atoms with E-state index in [2.05, 4.69) is 20.5 Å². The zero-order valence-corrected chi connectivity index (χ0v) is 29.9. The SMILES string of the molecule is CN(Cc1cccc(C(=O)O)c1)C(=O)c1cccc(C(=O)Nc2ccc(N3CCCCC3)cc2-c2cc(C(=O)NCc3cccc(C(F)(F)F)c3)ccn2)c1. The van der Waals surface area contributed by atoms with E-state index in [1.165, 1.54) is 47.5 Å². The van der Waals surface area contributed by atoms with E-state index in [9.17, 15) is 37.5 Å². The average Bonchev–Trinajstić information content (AvgIpc) is 3.20. The van der Waals surface area contributed by atoms with E-state index in [0.717, 1.165) is 50.2 Å². The number of aromatic nitrogens is 1. The van der Waals surface area contributed by atoms with Crippen LogP contribution in [0.25, 0.3) is 11.3 Å². The van der Waals surface area contributed by atoms with Gasteiger partial charge in [-0.2, -0.15) is 13.2 Å². The Hall–Kier alpha value is -6.50. The highest BCUT2D eigenvalue weighted by Crippen LogP contribution is 2.34. The highest BCUT2D eigenvalue weighted by atomic mass is 19.4. The molecule has 2 heterocycles. The summed E-state index contributed by atoms with van der Waals surface area (Å²) in [6.07, 6.45) is 0.147. The van der Waals surface area contributed by atoms with Crippen LogP contribution < -0.4 is 15.5 Å². The molecule has 1 aliphatic heterocycles. The van der Waals surface area contributed by atoms with Gasteiger partial charge in [0.25, 0.3) is 17.7 Å². The smallest absolute Gasteiger partial charge is 0.416 e. The predicted octanol–water partition coefficient (Wildman–Crippen LogP) is 7.91. The molecule has 55 heavy (non-hydrogen) atoms. The van der Waals surface area contributed by atoms with Crippen LogP contribution in [0.1, 0.15) is 77.4 Å². The minimum atomic E-state index is -4.51. The quantitative estimate of drug-likeness (QED) is 0.125. The largest absolute Gasteiger partial charge is 0.478 e. The average molecular weight is 750 g/mol. The van der Waals surface area contributed by atoms with E-state index >= 15 is 0 Å². The minimum absolute atomic E-state index is 0.111. The van der Waals surface area contributed by atoms with Gasteiger partial charge in [0, 0.05) is 67.4 Å². The molecule has 0 aliphatic carbocycles. The summed E-state index contributed by atoms with van der Waals surface area (Å²) in [6, 6.07) is 26.0. The second kappa shape index (κ2) is 16.7. The van der Waals surface area contributed by atoms with Crippen molar-refractivity contribution >= 4 is 35.1 Å². The molecule has 1 aliphatic rings. The molecule has 1 fully saturated rings. The number of piperidine rings is 1. The van der Waals surface area contributed by atoms with E-state index in [-0.39, 0.29) is 41.3 Å². The van der Waals surface area contributed by atoms with Crippen LogP contribution in [0.2, 0.25) is 0 Å². The molecule has 3 N–H and O–H groups in total. The number of alkyl halides is 3. The number of anilines is 2. The first kappa shape index (κ1) is 38.2. The molecule has 6 rings (SSSR count). The molecule has 1 saturated heterocycles. The molecule has 0 unspecified atom stereocenters. The summed E-state index contributed by atoms with van der Waals surface area (Å²) >= 11 is 0. The molecule has 0 bridgehead atoms. The van der Waals surface area contributed by atoms with Crippen LogP contribution in [0.3, 0.4) is 0 Å². The zero-order chi connectivity index (χ0) is 39.1. The fourth-order valence-electron chi connectivity index (χ4n) is 6.42. The molecule has 1 aromatic heterocycles. The monoisotopic (exact) mass is 749 g/mol. The van der Waals surface area contributed by atoms with Crippen molar-refractivity contribution < 1.29 is 37.5 Å². The summed E-state index contributed by atoms with van der Waals surface area (Å²) in [5, 5.41) is 15.0. The van der Waals surface area contributed by atoms with E-state index in [1.807, 2.05) is 12.1 Å². The van der Waals surface area contributed by atoms with Crippen molar-refractivity contribution in [3.8, 4) is 11.3 Å². The Morgan fingerprint density at radius 2 is 1.45 bits per heavy atom. The van der Waals surface area contributed by atoms with Crippen molar-refractivity contribution in [2.24, 2.45) is 0 Å². The van der Waals surface area contributed by atoms with Crippen LogP contribution in [0.15, 0.2) is 109 Å². The number of carbonyl (C=O) groups excluding carboxylic acids is 3. The Labute approximate surface area is 315 Å². The van der Waals surface area contributed by atoms with Crippen molar-refractivity contribution in [3.63, 3.8) is 0 Å². The maximum absolute atomic E-state index is 13.7. The number of amides is 3. The van der Waals surface area contributed by atoms with Gasteiger partial charge in [-0.15, -0.1) is 0 Å². The second-order valence-corrected chi connectivity index (χ2v) is 13.3. The molecule has 5 aromatic rings. The zero-order valence-electron chi connectivity index (χ0n) is 29.9. The van der Waals surface area contributed by atoms with Gasteiger partial charge >= 0.3 is 12.1 Å². The number of hydrogen-bond acceptors (Lipinski definition) is 6. The molecule has 4 aromatic carbocycles. The van der Waals surface area contributed by atoms with E-state index in [1.54, 1.807) is 49.5 Å². The Bertz CT molecular complexity index is 2240. The number of carbonyl (C=O) groups is 4. The van der Waals surface area contributed by atoms with Crippen LogP contribution in [0.5, 0.6) is 0 Å². The van der Waals surface area contributed by atoms with Gasteiger partial charge < -0.3 is 25.5 Å². The Balaban J connectivity index is 1.23. The minimum Gasteiger partial charge on any atom is -0.478 e. The summed E-state index contributed by atoms with van der Waals surface area (Å²) in [5.41, 5.74) is 3.19. The van der Waals surface area contributed by atoms with E-state index in [4.69, 9.17) is 0 Å². The number of nitrogens with zero attached hydrogens (tertiary/aromatic N) is 3. The van der Waals surface area contributed by atoms with E-state index in [0.29, 0.717) is 28.1 Å². The Kier molecular flexibility index (Phi) is 11.6. The van der Waals surface area contributed by atoms with Gasteiger partial charge in [-0.25, -0.2) is 4.79 Å². The van der Waals surface area contributed by atoms with E-state index < -0.39 is 29.5 Å². The highest BCUT2D eigenvalue weighted by Gasteiger charge is 2.30. The van der Waals surface area contributed by atoms with Gasteiger partial charge in [0.2, 0.25) is 0 Å². The third kappa shape index (κ3) is 9.55. The molecule has 282 valence electrons. The number of carboxylic acids is 1. The number of benzene rings is 4. The summed E-state index contributed by atoms with van der Waals surface area (Å²) in [5.74, 6) is -2.44. The van der Waals surface area contributed by atoms with Gasteiger partial charge in [-0.05, 0) is 103 Å². The number of pyridine rings is 1. The first-order chi connectivity index (χ1) is 26.4. The van der Waals surface area contributed by atoms with Crippen molar-refractivity contribution in [2.45, 2.75) is 38.5 Å². The van der Waals surface area contributed by atoms with Gasteiger partial charge in [-0.1, -0.05) is 30.3 Å². The normalized spacial score (nSPS) is 12.8. The maximum Gasteiger partial charge on any atom is 0.416 e. The second-order valence-electron chi connectivity index (χ2n) is 13.3. The molecule has 13 heteroatoms. The van der Waals surface area contributed by atoms with Gasteiger partial charge in [0.05, 0.1) is 22.5 Å². The van der Waals surface area contributed by atoms with Gasteiger partial charge in [0.1, 0.15) is 0 Å².